The van der Waals surface area contributed by atoms with Crippen molar-refractivity contribution in [1.82, 2.24) is 9.78 Å². The van der Waals surface area contributed by atoms with Crippen molar-refractivity contribution >= 4 is 5.82 Å². The average molecular weight is 230 g/mol. The summed E-state index contributed by atoms with van der Waals surface area (Å²) < 4.78 is 14.9. The van der Waals surface area contributed by atoms with Crippen molar-refractivity contribution in [2.75, 3.05) is 5.73 Å². The molecule has 1 heterocycles. The van der Waals surface area contributed by atoms with Gasteiger partial charge in [-0.05, 0) is 13.0 Å². The molecule has 0 aliphatic rings. The van der Waals surface area contributed by atoms with Gasteiger partial charge in [-0.3, -0.25) is 0 Å². The highest BCUT2D eigenvalue weighted by Gasteiger charge is 2.13. The fraction of sp³-hybridized carbons (Fsp3) is 0.167. The normalized spacial score (nSPS) is 10.2. The van der Waals surface area contributed by atoms with Crippen molar-refractivity contribution in [1.29, 1.82) is 5.26 Å². The Bertz CT molecular complexity index is 595. The van der Waals surface area contributed by atoms with Crippen LogP contribution in [0.3, 0.4) is 0 Å². The van der Waals surface area contributed by atoms with Crippen molar-refractivity contribution in [2.45, 2.75) is 13.5 Å². The molecule has 0 saturated carbocycles. The first kappa shape index (κ1) is 11.1. The van der Waals surface area contributed by atoms with Gasteiger partial charge in [0.1, 0.15) is 23.3 Å². The molecule has 0 spiro atoms. The van der Waals surface area contributed by atoms with E-state index in [1.165, 1.54) is 10.7 Å². The minimum absolute atomic E-state index is 0.223. The van der Waals surface area contributed by atoms with E-state index in [1.807, 2.05) is 6.07 Å². The number of nitrogens with two attached hydrogens (primary N) is 1. The van der Waals surface area contributed by atoms with Crippen LogP contribution in [-0.4, -0.2) is 9.78 Å². The molecule has 0 radical (unpaired) electrons. The van der Waals surface area contributed by atoms with Crippen molar-refractivity contribution in [3.8, 4) is 6.07 Å². The quantitative estimate of drug-likeness (QED) is 0.855. The Morgan fingerprint density at radius 1 is 1.47 bits per heavy atom. The van der Waals surface area contributed by atoms with Crippen LogP contribution in [0.15, 0.2) is 24.3 Å². The summed E-state index contributed by atoms with van der Waals surface area (Å²) >= 11 is 0. The third-order valence-corrected chi connectivity index (χ3v) is 2.56. The van der Waals surface area contributed by atoms with E-state index in [9.17, 15) is 4.39 Å². The predicted molar refractivity (Wildman–Crippen MR) is 61.6 cm³/mol. The third-order valence-electron chi connectivity index (χ3n) is 2.56. The molecule has 1 aromatic carbocycles. The number of hydrogen-bond donors (Lipinski definition) is 1. The first-order valence-electron chi connectivity index (χ1n) is 5.10. The zero-order chi connectivity index (χ0) is 12.4. The van der Waals surface area contributed by atoms with Crippen LogP contribution in [0.25, 0.3) is 0 Å². The zero-order valence-electron chi connectivity index (χ0n) is 9.31. The van der Waals surface area contributed by atoms with Crippen LogP contribution in [0.4, 0.5) is 10.2 Å². The summed E-state index contributed by atoms with van der Waals surface area (Å²) in [4.78, 5) is 0. The van der Waals surface area contributed by atoms with Gasteiger partial charge >= 0.3 is 0 Å². The smallest absolute Gasteiger partial charge is 0.140 e. The summed E-state index contributed by atoms with van der Waals surface area (Å²) in [5.41, 5.74) is 7.17. The molecule has 0 saturated heterocycles. The summed E-state index contributed by atoms with van der Waals surface area (Å²) in [7, 11) is 0. The van der Waals surface area contributed by atoms with Gasteiger partial charge in [0.2, 0.25) is 0 Å². The zero-order valence-corrected chi connectivity index (χ0v) is 9.31. The molecule has 86 valence electrons. The second kappa shape index (κ2) is 4.26. The summed E-state index contributed by atoms with van der Waals surface area (Å²) in [5.74, 6) is -0.0354. The van der Waals surface area contributed by atoms with Crippen LogP contribution in [0.5, 0.6) is 0 Å². The molecule has 0 amide bonds. The monoisotopic (exact) mass is 230 g/mol. The van der Waals surface area contributed by atoms with E-state index < -0.39 is 0 Å². The summed E-state index contributed by atoms with van der Waals surface area (Å²) in [6, 6.07) is 8.40. The van der Waals surface area contributed by atoms with Crippen LogP contribution in [0.2, 0.25) is 0 Å². The first-order valence-corrected chi connectivity index (χ1v) is 5.10. The lowest BCUT2D eigenvalue weighted by Crippen LogP contribution is -2.07. The minimum Gasteiger partial charge on any atom is -0.383 e. The number of hydrogen-bond acceptors (Lipinski definition) is 3. The molecule has 0 unspecified atom stereocenters. The van der Waals surface area contributed by atoms with Crippen molar-refractivity contribution in [2.24, 2.45) is 0 Å². The molecule has 0 bridgehead atoms. The number of halogens is 1. The van der Waals surface area contributed by atoms with E-state index in [4.69, 9.17) is 11.0 Å². The van der Waals surface area contributed by atoms with Crippen LogP contribution >= 0.6 is 0 Å². The fourth-order valence-electron chi connectivity index (χ4n) is 1.65. The lowest BCUT2D eigenvalue weighted by Gasteiger charge is -2.05. The number of aryl methyl sites for hydroxylation is 1. The van der Waals surface area contributed by atoms with Gasteiger partial charge in [0, 0.05) is 5.56 Å². The van der Waals surface area contributed by atoms with Crippen molar-refractivity contribution in [3.63, 3.8) is 0 Å². The van der Waals surface area contributed by atoms with Gasteiger partial charge in [-0.1, -0.05) is 18.2 Å². The van der Waals surface area contributed by atoms with Crippen molar-refractivity contribution < 1.29 is 4.39 Å². The molecular formula is C12H11FN4. The molecule has 17 heavy (non-hydrogen) atoms. The maximum Gasteiger partial charge on any atom is 0.140 e. The fourth-order valence-corrected chi connectivity index (χ4v) is 1.65. The molecule has 0 fully saturated rings. The standard InChI is InChI=1S/C12H11FN4/c1-8-10(6-14)12(15)17(16-8)7-9-4-2-3-5-11(9)13/h2-5H,7,15H2,1H3. The Morgan fingerprint density at radius 3 is 2.76 bits per heavy atom. The Hall–Kier alpha value is -2.35. The third kappa shape index (κ3) is 1.97. The highest BCUT2D eigenvalue weighted by molar-refractivity contribution is 5.51. The lowest BCUT2D eigenvalue weighted by atomic mass is 10.2. The minimum atomic E-state index is -0.307. The Morgan fingerprint density at radius 2 is 2.18 bits per heavy atom. The topological polar surface area (TPSA) is 67.6 Å². The van der Waals surface area contributed by atoms with Gasteiger partial charge in [0.05, 0.1) is 12.2 Å². The van der Waals surface area contributed by atoms with E-state index in [2.05, 4.69) is 5.10 Å². The summed E-state index contributed by atoms with van der Waals surface area (Å²) in [6.07, 6.45) is 0. The number of aromatic nitrogens is 2. The Kier molecular flexibility index (Phi) is 2.79. The van der Waals surface area contributed by atoms with Crippen LogP contribution < -0.4 is 5.73 Å². The molecule has 0 aliphatic heterocycles. The molecule has 0 atom stereocenters. The van der Waals surface area contributed by atoms with E-state index in [0.29, 0.717) is 16.8 Å². The Balaban J connectivity index is 2.38. The average Bonchev–Trinajstić information content (AvgIpc) is 2.57. The van der Waals surface area contributed by atoms with Gasteiger partial charge in [-0.2, -0.15) is 10.4 Å². The van der Waals surface area contributed by atoms with Gasteiger partial charge in [-0.15, -0.1) is 0 Å². The predicted octanol–water partition coefficient (Wildman–Crippen LogP) is 1.83. The molecule has 2 aromatic rings. The molecule has 2 N–H and O–H groups in total. The highest BCUT2D eigenvalue weighted by atomic mass is 19.1. The van der Waals surface area contributed by atoms with E-state index in [-0.39, 0.29) is 18.2 Å². The number of nitriles is 1. The SMILES string of the molecule is Cc1nn(Cc2ccccc2F)c(N)c1C#N. The molecule has 1 aromatic heterocycles. The Labute approximate surface area is 98.1 Å². The molecule has 2 rings (SSSR count). The molecule has 0 aliphatic carbocycles. The summed E-state index contributed by atoms with van der Waals surface area (Å²) in [6.45, 7) is 1.92. The van der Waals surface area contributed by atoms with Gasteiger partial charge in [0.25, 0.3) is 0 Å². The van der Waals surface area contributed by atoms with Crippen molar-refractivity contribution in [3.05, 3.63) is 46.9 Å². The van der Waals surface area contributed by atoms with E-state index >= 15 is 0 Å². The summed E-state index contributed by atoms with van der Waals surface area (Å²) in [5, 5.41) is 13.0. The largest absolute Gasteiger partial charge is 0.383 e. The number of benzene rings is 1. The molecule has 5 heteroatoms. The number of nitrogens with zero attached hydrogens (tertiary/aromatic N) is 3. The van der Waals surface area contributed by atoms with E-state index in [1.54, 1.807) is 25.1 Å². The van der Waals surface area contributed by atoms with Crippen LogP contribution in [0, 0.1) is 24.1 Å². The maximum atomic E-state index is 13.4. The van der Waals surface area contributed by atoms with Gasteiger partial charge in [0.15, 0.2) is 0 Å². The van der Waals surface area contributed by atoms with E-state index in [0.717, 1.165) is 0 Å². The van der Waals surface area contributed by atoms with Crippen LogP contribution in [0.1, 0.15) is 16.8 Å². The van der Waals surface area contributed by atoms with Gasteiger partial charge in [-0.25, -0.2) is 9.07 Å². The lowest BCUT2D eigenvalue weighted by molar-refractivity contribution is 0.586. The molecule has 4 nitrogen and oxygen atoms in total. The molecular weight excluding hydrogens is 219 g/mol. The highest BCUT2D eigenvalue weighted by Crippen LogP contribution is 2.17. The first-order chi connectivity index (χ1) is 8.13. The number of rotatable bonds is 2. The maximum absolute atomic E-state index is 13.4. The van der Waals surface area contributed by atoms with Crippen LogP contribution in [-0.2, 0) is 6.54 Å². The second-order valence-corrected chi connectivity index (χ2v) is 3.71. The number of nitrogen functional groups attached to an aromatic ring is 1. The number of anilines is 1. The second-order valence-electron chi connectivity index (χ2n) is 3.71. The van der Waals surface area contributed by atoms with Gasteiger partial charge < -0.3 is 5.73 Å².